The molecular formula is C19H30O2. The molecule has 0 atom stereocenters. The van der Waals surface area contributed by atoms with Crippen LogP contribution in [0.1, 0.15) is 64.7 Å². The summed E-state index contributed by atoms with van der Waals surface area (Å²) in [6.45, 7) is 2.19. The highest BCUT2D eigenvalue weighted by Gasteiger charge is 1.93. The summed E-state index contributed by atoms with van der Waals surface area (Å²) in [4.78, 5) is 10.3. The fourth-order valence-corrected chi connectivity index (χ4v) is 1.75. The summed E-state index contributed by atoms with van der Waals surface area (Å²) in [6, 6.07) is 0. The van der Waals surface area contributed by atoms with Crippen LogP contribution in [0.3, 0.4) is 0 Å². The Labute approximate surface area is 130 Å². The average molecular weight is 290 g/mol. The summed E-state index contributed by atoms with van der Waals surface area (Å²) >= 11 is 0. The van der Waals surface area contributed by atoms with Crippen LogP contribution >= 0.6 is 0 Å². The number of carbonyl (C=O) groups is 1. The minimum Gasteiger partial charge on any atom is -0.481 e. The molecule has 2 nitrogen and oxygen atoms in total. The van der Waals surface area contributed by atoms with E-state index in [1.165, 1.54) is 12.8 Å². The van der Waals surface area contributed by atoms with Crippen LogP contribution in [-0.2, 0) is 4.79 Å². The predicted octanol–water partition coefficient (Wildman–Crippen LogP) is 5.83. The first-order chi connectivity index (χ1) is 10.3. The highest BCUT2D eigenvalue weighted by molar-refractivity contribution is 5.66. The fourth-order valence-electron chi connectivity index (χ4n) is 1.75. The van der Waals surface area contributed by atoms with E-state index in [4.69, 9.17) is 5.11 Å². The number of carboxylic acid groups (broad SMARTS) is 1. The van der Waals surface area contributed by atoms with Crippen molar-refractivity contribution < 1.29 is 9.90 Å². The lowest BCUT2D eigenvalue weighted by Gasteiger charge is -1.92. The monoisotopic (exact) mass is 290 g/mol. The minimum absolute atomic E-state index is 0.285. The van der Waals surface area contributed by atoms with E-state index in [0.717, 1.165) is 38.5 Å². The third-order valence-corrected chi connectivity index (χ3v) is 2.95. The van der Waals surface area contributed by atoms with E-state index in [9.17, 15) is 4.79 Å². The Bertz CT molecular complexity index is 349. The Morgan fingerprint density at radius 1 is 0.762 bits per heavy atom. The number of hydrogen-bond donors (Lipinski definition) is 1. The van der Waals surface area contributed by atoms with E-state index in [-0.39, 0.29) is 6.42 Å². The van der Waals surface area contributed by atoms with Crippen molar-refractivity contribution in [3.05, 3.63) is 48.6 Å². The Kier molecular flexibility index (Phi) is 15.3. The molecule has 0 saturated carbocycles. The highest BCUT2D eigenvalue weighted by Crippen LogP contribution is 2.01. The quantitative estimate of drug-likeness (QED) is 0.342. The Balaban J connectivity index is 3.39. The van der Waals surface area contributed by atoms with Crippen LogP contribution in [0.15, 0.2) is 48.6 Å². The second-order valence-electron chi connectivity index (χ2n) is 5.02. The third-order valence-electron chi connectivity index (χ3n) is 2.95. The number of aliphatic carboxylic acids is 1. The molecule has 0 spiro atoms. The summed E-state index contributed by atoms with van der Waals surface area (Å²) < 4.78 is 0. The molecule has 1 N–H and O–H groups in total. The van der Waals surface area contributed by atoms with Crippen LogP contribution in [0.25, 0.3) is 0 Å². The molecule has 0 aromatic carbocycles. The van der Waals surface area contributed by atoms with Crippen molar-refractivity contribution in [2.75, 3.05) is 0 Å². The molecule has 0 aliphatic rings. The zero-order valence-corrected chi connectivity index (χ0v) is 13.3. The maximum atomic E-state index is 10.3. The van der Waals surface area contributed by atoms with Crippen molar-refractivity contribution >= 4 is 5.97 Å². The van der Waals surface area contributed by atoms with Crippen molar-refractivity contribution in [1.29, 1.82) is 0 Å². The van der Waals surface area contributed by atoms with Crippen LogP contribution < -0.4 is 0 Å². The van der Waals surface area contributed by atoms with E-state index in [2.05, 4.69) is 55.5 Å². The van der Waals surface area contributed by atoms with Gasteiger partial charge in [-0.3, -0.25) is 4.79 Å². The number of hydrogen-bond acceptors (Lipinski definition) is 1. The molecule has 0 aromatic heterocycles. The Hall–Kier alpha value is -1.57. The highest BCUT2D eigenvalue weighted by atomic mass is 16.4. The van der Waals surface area contributed by atoms with Crippen LogP contribution in [0.4, 0.5) is 0 Å². The lowest BCUT2D eigenvalue weighted by molar-refractivity contribution is -0.137. The maximum Gasteiger partial charge on any atom is 0.303 e. The Morgan fingerprint density at radius 2 is 1.24 bits per heavy atom. The predicted molar refractivity (Wildman–Crippen MR) is 91.4 cm³/mol. The van der Waals surface area contributed by atoms with E-state index < -0.39 is 5.97 Å². The second kappa shape index (κ2) is 16.5. The number of unbranched alkanes of at least 4 members (excludes halogenated alkanes) is 3. The van der Waals surface area contributed by atoms with Crippen molar-refractivity contribution in [2.24, 2.45) is 0 Å². The smallest absolute Gasteiger partial charge is 0.303 e. The first-order valence-corrected chi connectivity index (χ1v) is 8.09. The first kappa shape index (κ1) is 19.4. The van der Waals surface area contributed by atoms with Gasteiger partial charge < -0.3 is 5.11 Å². The molecule has 0 fully saturated rings. The molecular weight excluding hydrogens is 260 g/mol. The molecule has 0 aliphatic heterocycles. The van der Waals surface area contributed by atoms with Gasteiger partial charge in [0.15, 0.2) is 0 Å². The molecule has 0 rings (SSSR count). The van der Waals surface area contributed by atoms with Crippen LogP contribution in [0, 0.1) is 0 Å². The van der Waals surface area contributed by atoms with Crippen LogP contribution in [-0.4, -0.2) is 11.1 Å². The van der Waals surface area contributed by atoms with E-state index in [1.807, 2.05) is 0 Å². The van der Waals surface area contributed by atoms with E-state index >= 15 is 0 Å². The number of allylic oxidation sites excluding steroid dienone is 8. The minimum atomic E-state index is -0.698. The van der Waals surface area contributed by atoms with Crippen molar-refractivity contribution in [1.82, 2.24) is 0 Å². The number of carboxylic acids is 1. The van der Waals surface area contributed by atoms with Gasteiger partial charge in [-0.25, -0.2) is 0 Å². The molecule has 0 heterocycles. The lowest BCUT2D eigenvalue weighted by atomic mass is 10.2. The van der Waals surface area contributed by atoms with Gasteiger partial charge in [0.25, 0.3) is 0 Å². The lowest BCUT2D eigenvalue weighted by Crippen LogP contribution is -1.92. The maximum absolute atomic E-state index is 10.3. The summed E-state index contributed by atoms with van der Waals surface area (Å²) in [6.07, 6.45) is 25.9. The number of rotatable bonds is 13. The fraction of sp³-hybridized carbons (Fsp3) is 0.526. The van der Waals surface area contributed by atoms with Gasteiger partial charge in [0, 0.05) is 6.42 Å². The van der Waals surface area contributed by atoms with Gasteiger partial charge in [0.2, 0.25) is 0 Å². The molecule has 0 amide bonds. The molecule has 118 valence electrons. The van der Waals surface area contributed by atoms with Gasteiger partial charge in [0.1, 0.15) is 0 Å². The second-order valence-corrected chi connectivity index (χ2v) is 5.02. The normalized spacial score (nSPS) is 12.4. The molecule has 0 saturated heterocycles. The molecule has 2 heteroatoms. The molecule has 0 radical (unpaired) electrons. The third kappa shape index (κ3) is 18.4. The molecule has 0 aromatic rings. The first-order valence-electron chi connectivity index (χ1n) is 8.09. The molecule has 0 unspecified atom stereocenters. The van der Waals surface area contributed by atoms with Crippen LogP contribution in [0.5, 0.6) is 0 Å². The van der Waals surface area contributed by atoms with Gasteiger partial charge >= 0.3 is 5.97 Å². The van der Waals surface area contributed by atoms with Crippen molar-refractivity contribution in [3.8, 4) is 0 Å². The molecule has 21 heavy (non-hydrogen) atoms. The topological polar surface area (TPSA) is 37.3 Å². The summed E-state index contributed by atoms with van der Waals surface area (Å²) in [5.74, 6) is -0.698. The van der Waals surface area contributed by atoms with Crippen LogP contribution in [0.2, 0.25) is 0 Å². The molecule has 0 aliphatic carbocycles. The largest absolute Gasteiger partial charge is 0.481 e. The summed E-state index contributed by atoms with van der Waals surface area (Å²) in [7, 11) is 0. The van der Waals surface area contributed by atoms with Gasteiger partial charge in [0.05, 0.1) is 0 Å². The molecule has 0 bridgehead atoms. The van der Waals surface area contributed by atoms with Crippen molar-refractivity contribution in [2.45, 2.75) is 64.7 Å². The van der Waals surface area contributed by atoms with Gasteiger partial charge in [-0.2, -0.15) is 0 Å². The van der Waals surface area contributed by atoms with Gasteiger partial charge in [-0.1, -0.05) is 62.0 Å². The Morgan fingerprint density at radius 3 is 1.71 bits per heavy atom. The van der Waals surface area contributed by atoms with E-state index in [1.54, 1.807) is 0 Å². The summed E-state index contributed by atoms with van der Waals surface area (Å²) in [5.41, 5.74) is 0. The van der Waals surface area contributed by atoms with Crippen molar-refractivity contribution in [3.63, 3.8) is 0 Å². The SMILES string of the molecule is CCC/C=C\C/C=C\C/C=C\C/C=C\CCCCC(=O)O. The standard InChI is InChI=1S/C19H30O2/c1-2-3-4-5-6-7-8-9-10-11-12-13-14-15-16-17-18-19(20)21/h4-5,7-8,10-11,13-14H,2-3,6,9,12,15-18H2,1H3,(H,20,21)/b5-4-,8-7-,11-10-,14-13-. The summed E-state index contributed by atoms with van der Waals surface area (Å²) in [5, 5.41) is 8.49. The zero-order chi connectivity index (χ0) is 15.6. The van der Waals surface area contributed by atoms with Gasteiger partial charge in [-0.15, -0.1) is 0 Å². The van der Waals surface area contributed by atoms with Gasteiger partial charge in [-0.05, 0) is 44.9 Å². The zero-order valence-electron chi connectivity index (χ0n) is 13.3. The van der Waals surface area contributed by atoms with E-state index in [0.29, 0.717) is 0 Å². The average Bonchev–Trinajstić information content (AvgIpc) is 2.46.